The molecule has 4 aromatic rings. The molecule has 1 spiro atoms. The first-order valence-corrected chi connectivity index (χ1v) is 12.3. The maximum atomic E-state index is 13.4. The van der Waals surface area contributed by atoms with E-state index in [1.165, 1.54) is 7.11 Å². The van der Waals surface area contributed by atoms with E-state index in [-0.39, 0.29) is 18.1 Å². The number of ether oxygens (including phenoxy) is 3. The van der Waals surface area contributed by atoms with Gasteiger partial charge in [-0.3, -0.25) is 9.59 Å². The van der Waals surface area contributed by atoms with Crippen LogP contribution < -0.4 is 14.2 Å². The van der Waals surface area contributed by atoms with Crippen LogP contribution in [0.3, 0.4) is 0 Å². The number of nitrogens with zero attached hydrogens (tertiary/aromatic N) is 3. The summed E-state index contributed by atoms with van der Waals surface area (Å²) in [6.45, 7) is 0.995. The zero-order chi connectivity index (χ0) is 25.6. The molecule has 0 saturated carbocycles. The third kappa shape index (κ3) is 4.08. The number of rotatable bonds is 4. The summed E-state index contributed by atoms with van der Waals surface area (Å²) >= 11 is 0. The second-order valence-corrected chi connectivity index (χ2v) is 9.55. The van der Waals surface area contributed by atoms with E-state index in [1.54, 1.807) is 19.2 Å². The van der Waals surface area contributed by atoms with Crippen molar-refractivity contribution in [3.63, 3.8) is 0 Å². The average Bonchev–Trinajstić information content (AvgIpc) is 3.36. The van der Waals surface area contributed by atoms with Crippen LogP contribution in [-0.2, 0) is 0 Å². The summed E-state index contributed by atoms with van der Waals surface area (Å²) in [7, 11) is 3.09. The van der Waals surface area contributed by atoms with Crippen LogP contribution in [0, 0.1) is 0 Å². The quantitative estimate of drug-likeness (QED) is 0.408. The molecule has 37 heavy (non-hydrogen) atoms. The van der Waals surface area contributed by atoms with E-state index in [9.17, 15) is 9.59 Å². The van der Waals surface area contributed by atoms with E-state index in [2.05, 4.69) is 0 Å². The smallest absolute Gasteiger partial charge is 0.254 e. The molecule has 4 heterocycles. The highest BCUT2D eigenvalue weighted by molar-refractivity contribution is 6.03. The molecule has 1 saturated heterocycles. The van der Waals surface area contributed by atoms with Gasteiger partial charge in [0.05, 0.1) is 26.3 Å². The van der Waals surface area contributed by atoms with Crippen molar-refractivity contribution in [3.05, 3.63) is 78.1 Å². The molecule has 0 radical (unpaired) electrons. The maximum absolute atomic E-state index is 13.4. The average molecular weight is 498 g/mol. The van der Waals surface area contributed by atoms with Crippen molar-refractivity contribution < 1.29 is 23.8 Å². The normalized spacial score (nSPS) is 16.4. The number of methoxy groups -OCH3 is 2. The van der Waals surface area contributed by atoms with Crippen LogP contribution in [0.25, 0.3) is 16.9 Å². The van der Waals surface area contributed by atoms with Gasteiger partial charge in [-0.15, -0.1) is 0 Å². The summed E-state index contributed by atoms with van der Waals surface area (Å²) in [5, 5.41) is 0. The van der Waals surface area contributed by atoms with Crippen LogP contribution in [0.4, 0.5) is 0 Å². The van der Waals surface area contributed by atoms with Gasteiger partial charge in [0.1, 0.15) is 34.1 Å². The van der Waals surface area contributed by atoms with Gasteiger partial charge in [-0.1, -0.05) is 30.3 Å². The number of imidazole rings is 1. The summed E-state index contributed by atoms with van der Waals surface area (Å²) in [6, 6.07) is 17.0. The van der Waals surface area contributed by atoms with Crippen molar-refractivity contribution in [2.45, 2.75) is 24.9 Å². The number of carbonyl (C=O) groups is 2. The molecule has 6 rings (SSSR count). The van der Waals surface area contributed by atoms with Gasteiger partial charge in [0.2, 0.25) is 0 Å². The molecule has 0 bridgehead atoms. The van der Waals surface area contributed by atoms with Gasteiger partial charge < -0.3 is 23.5 Å². The molecule has 188 valence electrons. The first-order valence-electron chi connectivity index (χ1n) is 12.3. The number of hydrogen-bond donors (Lipinski definition) is 0. The topological polar surface area (TPSA) is 82.4 Å². The molecule has 2 aliphatic heterocycles. The minimum Gasteiger partial charge on any atom is -0.496 e. The van der Waals surface area contributed by atoms with Crippen LogP contribution in [0.2, 0.25) is 0 Å². The Labute approximate surface area is 214 Å². The highest BCUT2D eigenvalue weighted by Crippen LogP contribution is 2.44. The van der Waals surface area contributed by atoms with Gasteiger partial charge in [-0.05, 0) is 12.1 Å². The van der Waals surface area contributed by atoms with Gasteiger partial charge in [0.15, 0.2) is 5.78 Å². The van der Waals surface area contributed by atoms with Gasteiger partial charge in [-0.2, -0.15) is 0 Å². The van der Waals surface area contributed by atoms with Crippen LogP contribution in [0.15, 0.2) is 67.0 Å². The number of pyridine rings is 1. The highest BCUT2D eigenvalue weighted by atomic mass is 16.5. The van der Waals surface area contributed by atoms with Gasteiger partial charge >= 0.3 is 0 Å². The fraction of sp³-hybridized carbons (Fsp3) is 0.276. The monoisotopic (exact) mass is 497 g/mol. The number of Topliss-reactive ketones (excluding diaryl/α,β-unsaturated/α-hetero) is 1. The Hall–Kier alpha value is -4.33. The predicted molar refractivity (Wildman–Crippen MR) is 138 cm³/mol. The summed E-state index contributed by atoms with van der Waals surface area (Å²) in [5.74, 6) is 1.43. The Morgan fingerprint density at radius 3 is 2.54 bits per heavy atom. The van der Waals surface area contributed by atoms with Gasteiger partial charge in [0, 0.05) is 61.6 Å². The molecule has 2 aromatic heterocycles. The van der Waals surface area contributed by atoms with E-state index in [0.29, 0.717) is 54.3 Å². The van der Waals surface area contributed by atoms with Crippen LogP contribution in [0.5, 0.6) is 17.2 Å². The summed E-state index contributed by atoms with van der Waals surface area (Å²) in [5.41, 5.74) is 3.01. The molecule has 8 nitrogen and oxygen atoms in total. The number of aromatic nitrogens is 2. The molecule has 0 atom stereocenters. The van der Waals surface area contributed by atoms with Crippen molar-refractivity contribution >= 4 is 17.3 Å². The van der Waals surface area contributed by atoms with Crippen molar-refractivity contribution in [2.75, 3.05) is 27.3 Å². The lowest BCUT2D eigenvalue weighted by molar-refractivity contribution is -0.00610. The molecule has 0 aliphatic carbocycles. The van der Waals surface area contributed by atoms with Crippen LogP contribution in [0.1, 0.15) is 40.0 Å². The van der Waals surface area contributed by atoms with Crippen LogP contribution in [-0.4, -0.2) is 58.9 Å². The predicted octanol–water partition coefficient (Wildman–Crippen LogP) is 4.66. The number of likely N-dealkylation sites (tertiary alicyclic amines) is 1. The minimum absolute atomic E-state index is 0.0143. The number of carbonyl (C=O) groups excluding carboxylic acids is 2. The lowest BCUT2D eigenvalue weighted by Gasteiger charge is -2.44. The number of benzene rings is 2. The molecule has 1 amide bonds. The molecular weight excluding hydrogens is 470 g/mol. The van der Waals surface area contributed by atoms with E-state index in [4.69, 9.17) is 19.2 Å². The Morgan fingerprint density at radius 1 is 1.03 bits per heavy atom. The molecule has 2 aliphatic rings. The fourth-order valence-electron chi connectivity index (χ4n) is 5.29. The number of amides is 1. The Bertz CT molecular complexity index is 1500. The van der Waals surface area contributed by atoms with Crippen LogP contribution >= 0.6 is 0 Å². The molecule has 1 fully saturated rings. The Morgan fingerprint density at radius 2 is 1.81 bits per heavy atom. The fourth-order valence-corrected chi connectivity index (χ4v) is 5.29. The highest BCUT2D eigenvalue weighted by Gasteiger charge is 2.45. The molecular formula is C29H27N3O5. The lowest BCUT2D eigenvalue weighted by Crippen LogP contribution is -2.52. The number of piperidine rings is 1. The first-order chi connectivity index (χ1) is 18.0. The molecule has 0 N–H and O–H groups in total. The van der Waals surface area contributed by atoms with E-state index in [1.807, 2.05) is 64.2 Å². The maximum Gasteiger partial charge on any atom is 0.254 e. The SMILES string of the molecule is COc1cc(OC)c2c(c1)OC1(CCN(C(=O)c3ccn4cc(-c5ccccc5)nc4c3)CC1)CC2=O. The second kappa shape index (κ2) is 8.96. The van der Waals surface area contributed by atoms with Crippen molar-refractivity contribution in [3.8, 4) is 28.5 Å². The minimum atomic E-state index is -0.643. The second-order valence-electron chi connectivity index (χ2n) is 9.55. The lowest BCUT2D eigenvalue weighted by atomic mass is 9.82. The molecule has 2 aromatic carbocycles. The Balaban J connectivity index is 1.19. The van der Waals surface area contributed by atoms with Crippen molar-refractivity contribution in [1.82, 2.24) is 14.3 Å². The standard InChI is InChI=1S/C29H27N3O5/c1-35-21-15-24(36-2)27-23(33)17-29(37-25(27)16-21)9-12-31(13-10-29)28(34)20-8-11-32-18-22(30-26(32)14-20)19-6-4-3-5-7-19/h3-8,11,14-16,18H,9-10,12-13,17H2,1-2H3. The van der Waals surface area contributed by atoms with E-state index >= 15 is 0 Å². The van der Waals surface area contributed by atoms with E-state index in [0.717, 1.165) is 16.9 Å². The van der Waals surface area contributed by atoms with Gasteiger partial charge in [0.25, 0.3) is 5.91 Å². The summed E-state index contributed by atoms with van der Waals surface area (Å²) < 4.78 is 19.1. The summed E-state index contributed by atoms with van der Waals surface area (Å²) in [4.78, 5) is 33.0. The third-order valence-corrected chi connectivity index (χ3v) is 7.32. The number of ketones is 1. The third-order valence-electron chi connectivity index (χ3n) is 7.32. The number of hydrogen-bond acceptors (Lipinski definition) is 6. The van der Waals surface area contributed by atoms with E-state index < -0.39 is 5.60 Å². The molecule has 0 unspecified atom stereocenters. The number of fused-ring (bicyclic) bond motifs is 2. The Kier molecular flexibility index (Phi) is 5.59. The zero-order valence-corrected chi connectivity index (χ0v) is 20.8. The molecule has 8 heteroatoms. The van der Waals surface area contributed by atoms with Crippen molar-refractivity contribution in [2.24, 2.45) is 0 Å². The van der Waals surface area contributed by atoms with Gasteiger partial charge in [-0.25, -0.2) is 4.98 Å². The largest absolute Gasteiger partial charge is 0.496 e. The first kappa shape index (κ1) is 23.1. The zero-order valence-electron chi connectivity index (χ0n) is 20.8. The summed E-state index contributed by atoms with van der Waals surface area (Å²) in [6.07, 6.45) is 5.21. The van der Waals surface area contributed by atoms with Crippen molar-refractivity contribution in [1.29, 1.82) is 0 Å².